The Morgan fingerprint density at radius 1 is 1.50 bits per heavy atom. The van der Waals surface area contributed by atoms with Crippen molar-refractivity contribution in [1.29, 1.82) is 0 Å². The van der Waals surface area contributed by atoms with Crippen LogP contribution < -0.4 is 11.1 Å². The van der Waals surface area contributed by atoms with E-state index in [4.69, 9.17) is 10.8 Å². The van der Waals surface area contributed by atoms with Gasteiger partial charge in [-0.3, -0.25) is 4.99 Å². The molecule has 0 saturated carbocycles. The van der Waals surface area contributed by atoms with Crippen molar-refractivity contribution in [3.05, 3.63) is 0 Å². The van der Waals surface area contributed by atoms with Gasteiger partial charge in [0.1, 0.15) is 6.10 Å². The molecule has 0 spiro atoms. The molecule has 0 amide bonds. The zero-order chi connectivity index (χ0) is 11.4. The highest BCUT2D eigenvalue weighted by Gasteiger charge is 2.16. The Morgan fingerprint density at radius 2 is 2.00 bits per heavy atom. The second-order valence-corrected chi connectivity index (χ2v) is 4.00. The van der Waals surface area contributed by atoms with E-state index in [1.165, 1.54) is 0 Å². The lowest BCUT2D eigenvalue weighted by atomic mass is 10.1. The van der Waals surface area contributed by atoms with Crippen LogP contribution in [0.2, 0.25) is 0 Å². The monoisotopic (exact) mass is 209 g/mol. The highest BCUT2D eigenvalue weighted by Crippen LogP contribution is 2.01. The van der Waals surface area contributed by atoms with Crippen molar-refractivity contribution in [3.8, 4) is 0 Å². The molecule has 0 aliphatic heterocycles. The highest BCUT2D eigenvalue weighted by atomic mass is 19.3. The number of aliphatic hydroxyl groups is 1. The van der Waals surface area contributed by atoms with Crippen molar-refractivity contribution < 1.29 is 13.9 Å². The van der Waals surface area contributed by atoms with Gasteiger partial charge in [0.05, 0.1) is 6.54 Å². The third-order valence-corrected chi connectivity index (χ3v) is 1.24. The fraction of sp³-hybridized carbons (Fsp3) is 0.875. The van der Waals surface area contributed by atoms with E-state index in [2.05, 4.69) is 10.3 Å². The van der Waals surface area contributed by atoms with Gasteiger partial charge >= 0.3 is 0 Å². The SMILES string of the molecule is CC(C)(C)NC(N)=NCC(O)C(F)F. The highest BCUT2D eigenvalue weighted by molar-refractivity contribution is 5.78. The Balaban J connectivity index is 4.00. The normalized spacial score (nSPS) is 15.8. The van der Waals surface area contributed by atoms with Gasteiger partial charge in [0.15, 0.2) is 5.96 Å². The van der Waals surface area contributed by atoms with Crippen molar-refractivity contribution in [2.45, 2.75) is 38.8 Å². The molecule has 0 heterocycles. The van der Waals surface area contributed by atoms with E-state index in [-0.39, 0.29) is 11.5 Å². The number of hydrogen-bond donors (Lipinski definition) is 3. The smallest absolute Gasteiger partial charge is 0.265 e. The maximum absolute atomic E-state index is 11.8. The van der Waals surface area contributed by atoms with E-state index in [1.54, 1.807) is 0 Å². The summed E-state index contributed by atoms with van der Waals surface area (Å²) in [5, 5.41) is 11.5. The molecule has 1 atom stereocenters. The van der Waals surface area contributed by atoms with Crippen LogP contribution in [0.1, 0.15) is 20.8 Å². The second kappa shape index (κ2) is 5.09. The lowest BCUT2D eigenvalue weighted by Crippen LogP contribution is -2.45. The van der Waals surface area contributed by atoms with Crippen molar-refractivity contribution in [1.82, 2.24) is 5.32 Å². The lowest BCUT2D eigenvalue weighted by Gasteiger charge is -2.21. The van der Waals surface area contributed by atoms with Crippen molar-refractivity contribution in [3.63, 3.8) is 0 Å². The third-order valence-electron chi connectivity index (χ3n) is 1.24. The van der Waals surface area contributed by atoms with Crippen molar-refractivity contribution in [2.24, 2.45) is 10.7 Å². The molecule has 0 radical (unpaired) electrons. The molecule has 0 aromatic carbocycles. The van der Waals surface area contributed by atoms with Gasteiger partial charge in [0.25, 0.3) is 6.43 Å². The van der Waals surface area contributed by atoms with Crippen LogP contribution in [0, 0.1) is 0 Å². The number of guanidine groups is 1. The van der Waals surface area contributed by atoms with Crippen molar-refractivity contribution >= 4 is 5.96 Å². The summed E-state index contributed by atoms with van der Waals surface area (Å²) in [6.07, 6.45) is -4.54. The van der Waals surface area contributed by atoms with Gasteiger partial charge in [0.2, 0.25) is 0 Å². The summed E-state index contributed by atoms with van der Waals surface area (Å²) >= 11 is 0. The number of hydrogen-bond acceptors (Lipinski definition) is 2. The van der Waals surface area contributed by atoms with E-state index in [0.717, 1.165) is 0 Å². The first-order valence-electron chi connectivity index (χ1n) is 4.26. The van der Waals surface area contributed by atoms with Crippen LogP contribution in [0.5, 0.6) is 0 Å². The zero-order valence-corrected chi connectivity index (χ0v) is 8.59. The average molecular weight is 209 g/mol. The molecule has 0 aromatic heterocycles. The molecular weight excluding hydrogens is 192 g/mol. The first-order chi connectivity index (χ1) is 6.22. The Morgan fingerprint density at radius 3 is 2.36 bits per heavy atom. The first-order valence-corrected chi connectivity index (χ1v) is 4.26. The molecule has 0 aliphatic carbocycles. The van der Waals surface area contributed by atoms with E-state index in [0.29, 0.717) is 0 Å². The summed E-state index contributed by atoms with van der Waals surface area (Å²) in [5.41, 5.74) is 5.12. The standard InChI is InChI=1S/C8H17F2N3O/c1-8(2,3)13-7(11)12-4-5(14)6(9)10/h5-6,14H,4H2,1-3H3,(H3,11,12,13). The zero-order valence-electron chi connectivity index (χ0n) is 8.59. The topological polar surface area (TPSA) is 70.6 Å². The van der Waals surface area contributed by atoms with Crippen LogP contribution in [-0.4, -0.2) is 35.7 Å². The second-order valence-electron chi connectivity index (χ2n) is 4.00. The van der Waals surface area contributed by atoms with Crippen LogP contribution in [0.3, 0.4) is 0 Å². The van der Waals surface area contributed by atoms with Crippen molar-refractivity contribution in [2.75, 3.05) is 6.54 Å². The summed E-state index contributed by atoms with van der Waals surface area (Å²) in [7, 11) is 0. The third kappa shape index (κ3) is 6.59. The van der Waals surface area contributed by atoms with Gasteiger partial charge in [-0.05, 0) is 20.8 Å². The number of aliphatic hydroxyl groups excluding tert-OH is 1. The van der Waals surface area contributed by atoms with Gasteiger partial charge in [0, 0.05) is 5.54 Å². The number of aliphatic imine (C=N–C) groups is 1. The van der Waals surface area contributed by atoms with Gasteiger partial charge in [-0.25, -0.2) is 8.78 Å². The number of halogens is 2. The summed E-state index contributed by atoms with van der Waals surface area (Å²) < 4.78 is 23.7. The summed E-state index contributed by atoms with van der Waals surface area (Å²) in [6.45, 7) is 5.18. The van der Waals surface area contributed by atoms with E-state index in [1.807, 2.05) is 20.8 Å². The number of rotatable bonds is 3. The number of alkyl halides is 2. The van der Waals surface area contributed by atoms with Gasteiger partial charge in [-0.15, -0.1) is 0 Å². The largest absolute Gasteiger partial charge is 0.385 e. The Hall–Kier alpha value is -0.910. The minimum atomic E-state index is -2.79. The Bertz CT molecular complexity index is 201. The summed E-state index contributed by atoms with van der Waals surface area (Å²) in [5.74, 6) is 0.0530. The van der Waals surface area contributed by atoms with Crippen LogP contribution >= 0.6 is 0 Å². The fourth-order valence-corrected chi connectivity index (χ4v) is 0.695. The fourth-order valence-electron chi connectivity index (χ4n) is 0.695. The molecule has 0 aromatic rings. The van der Waals surface area contributed by atoms with E-state index >= 15 is 0 Å². The average Bonchev–Trinajstić information content (AvgIpc) is 1.96. The predicted molar refractivity (Wildman–Crippen MR) is 51.4 cm³/mol. The van der Waals surface area contributed by atoms with Crippen LogP contribution in [0.15, 0.2) is 4.99 Å². The quantitative estimate of drug-likeness (QED) is 0.463. The molecule has 0 fully saturated rings. The van der Waals surface area contributed by atoms with Crippen LogP contribution in [-0.2, 0) is 0 Å². The minimum absolute atomic E-state index is 0.0530. The molecule has 4 nitrogen and oxygen atoms in total. The summed E-state index contributed by atoms with van der Waals surface area (Å²) in [6, 6.07) is 0. The van der Waals surface area contributed by atoms with Gasteiger partial charge in [-0.1, -0.05) is 0 Å². The molecule has 6 heteroatoms. The van der Waals surface area contributed by atoms with Gasteiger partial charge < -0.3 is 16.2 Å². The number of nitrogens with zero attached hydrogens (tertiary/aromatic N) is 1. The molecule has 0 rings (SSSR count). The maximum atomic E-state index is 11.8. The Labute approximate surface area is 82.2 Å². The van der Waals surface area contributed by atoms with Gasteiger partial charge in [-0.2, -0.15) is 0 Å². The first kappa shape index (κ1) is 13.1. The molecule has 14 heavy (non-hydrogen) atoms. The molecular formula is C8H17F2N3O. The maximum Gasteiger partial charge on any atom is 0.265 e. The molecule has 0 bridgehead atoms. The number of nitrogens with one attached hydrogen (secondary N) is 1. The van der Waals surface area contributed by atoms with E-state index < -0.39 is 19.1 Å². The van der Waals surface area contributed by atoms with Crippen LogP contribution in [0.4, 0.5) is 8.78 Å². The molecule has 84 valence electrons. The molecule has 0 saturated heterocycles. The minimum Gasteiger partial charge on any atom is -0.385 e. The van der Waals surface area contributed by atoms with Crippen LogP contribution in [0.25, 0.3) is 0 Å². The molecule has 1 unspecified atom stereocenters. The summed E-state index contributed by atoms with van der Waals surface area (Å²) in [4.78, 5) is 3.58. The molecule has 4 N–H and O–H groups in total. The molecule has 0 aliphatic rings. The Kier molecular flexibility index (Phi) is 4.76. The predicted octanol–water partition coefficient (Wildman–Crippen LogP) is 0.315. The number of nitrogens with two attached hydrogens (primary N) is 1. The lowest BCUT2D eigenvalue weighted by molar-refractivity contribution is 0.00174. The van der Waals surface area contributed by atoms with E-state index in [9.17, 15) is 8.78 Å².